The lowest BCUT2D eigenvalue weighted by Crippen LogP contribution is -2.38. The third kappa shape index (κ3) is 5.20. The van der Waals surface area contributed by atoms with E-state index in [9.17, 15) is 14.3 Å². The van der Waals surface area contributed by atoms with Crippen molar-refractivity contribution >= 4 is 28.7 Å². The van der Waals surface area contributed by atoms with Crippen LogP contribution in [0.5, 0.6) is 5.75 Å². The number of pyridine rings is 1. The van der Waals surface area contributed by atoms with Crippen molar-refractivity contribution in [3.8, 4) is 5.75 Å². The van der Waals surface area contributed by atoms with E-state index in [-0.39, 0.29) is 46.2 Å². The van der Waals surface area contributed by atoms with Crippen LogP contribution in [0.25, 0.3) is 11.2 Å². The van der Waals surface area contributed by atoms with Crippen molar-refractivity contribution in [1.29, 1.82) is 0 Å². The number of halogens is 4. The highest BCUT2D eigenvalue weighted by atomic mass is 35.5. The first kappa shape index (κ1) is 29.1. The minimum atomic E-state index is -3.34. The van der Waals surface area contributed by atoms with Gasteiger partial charge in [0.05, 0.1) is 30.7 Å². The molecule has 0 saturated carbocycles. The molecule has 0 radical (unpaired) electrons. The number of nitrogens with zero attached hydrogens (tertiary/aromatic N) is 4. The first-order valence-electron chi connectivity index (χ1n) is 14.7. The molecule has 2 atom stereocenters. The number of aromatic carboxylic acids is 1. The summed E-state index contributed by atoms with van der Waals surface area (Å²) in [7, 11) is 0. The molecule has 0 bridgehead atoms. The lowest BCUT2D eigenvalue weighted by Gasteiger charge is -2.38. The van der Waals surface area contributed by atoms with Crippen molar-refractivity contribution in [2.45, 2.75) is 56.2 Å². The normalized spacial score (nSPS) is 21.9. The number of imidazole rings is 1. The van der Waals surface area contributed by atoms with E-state index in [4.69, 9.17) is 26.1 Å². The molecule has 3 aliphatic heterocycles. The second-order valence-electron chi connectivity index (χ2n) is 11.7. The van der Waals surface area contributed by atoms with Crippen molar-refractivity contribution in [2.24, 2.45) is 0 Å². The molecular weight excluding hydrogens is 597 g/mol. The molecule has 12 heteroatoms. The molecule has 44 heavy (non-hydrogen) atoms. The number of aromatic nitrogens is 3. The molecule has 2 saturated heterocycles. The Morgan fingerprint density at radius 2 is 1.86 bits per heavy atom. The number of ether oxygens (including phenoxy) is 2. The van der Waals surface area contributed by atoms with Gasteiger partial charge in [-0.1, -0.05) is 29.8 Å². The van der Waals surface area contributed by atoms with Crippen molar-refractivity contribution in [3.05, 3.63) is 87.6 Å². The van der Waals surface area contributed by atoms with E-state index < -0.39 is 23.6 Å². The van der Waals surface area contributed by atoms with Gasteiger partial charge in [-0.2, -0.15) is 0 Å². The summed E-state index contributed by atoms with van der Waals surface area (Å²) in [5.74, 6) is -5.93. The lowest BCUT2D eigenvalue weighted by molar-refractivity contribution is -0.0652. The summed E-state index contributed by atoms with van der Waals surface area (Å²) in [4.78, 5) is 22.9. The molecule has 5 heterocycles. The van der Waals surface area contributed by atoms with Crippen molar-refractivity contribution in [2.75, 3.05) is 26.3 Å². The third-order valence-electron chi connectivity index (χ3n) is 9.04. The van der Waals surface area contributed by atoms with Crippen LogP contribution in [0.15, 0.2) is 48.5 Å². The second-order valence-corrected chi connectivity index (χ2v) is 12.1. The Balaban J connectivity index is 1.11. The third-order valence-corrected chi connectivity index (χ3v) is 9.27. The second kappa shape index (κ2) is 11.4. The summed E-state index contributed by atoms with van der Waals surface area (Å²) in [6.45, 7) is 2.67. The zero-order chi connectivity index (χ0) is 30.6. The van der Waals surface area contributed by atoms with E-state index in [0.717, 1.165) is 18.3 Å². The summed E-state index contributed by atoms with van der Waals surface area (Å²) in [6, 6.07) is 11.9. The number of rotatable bonds is 7. The van der Waals surface area contributed by atoms with E-state index >= 15 is 8.78 Å². The van der Waals surface area contributed by atoms with Gasteiger partial charge in [0.2, 0.25) is 0 Å². The molecule has 0 amide bonds. The fourth-order valence-corrected chi connectivity index (χ4v) is 6.76. The molecule has 230 valence electrons. The average molecular weight is 627 g/mol. The maximum absolute atomic E-state index is 16.2. The quantitative estimate of drug-likeness (QED) is 0.255. The fraction of sp³-hybridized carbons (Fsp3) is 0.406. The van der Waals surface area contributed by atoms with Gasteiger partial charge < -0.3 is 19.1 Å². The first-order valence-corrected chi connectivity index (χ1v) is 15.1. The first-order chi connectivity index (χ1) is 21.2. The number of carboxylic acid groups (broad SMARTS) is 1. The van der Waals surface area contributed by atoms with Gasteiger partial charge in [-0.25, -0.2) is 27.9 Å². The van der Waals surface area contributed by atoms with Crippen LogP contribution in [0.3, 0.4) is 0 Å². The van der Waals surface area contributed by atoms with E-state index in [2.05, 4.69) is 9.88 Å². The largest absolute Gasteiger partial charge is 0.492 e. The maximum atomic E-state index is 16.2. The smallest absolute Gasteiger partial charge is 0.354 e. The SMILES string of the molecule is O=C(O)c1ccc2nc(CN3CCC(c4cccc5c4C(F)(F)[C@@H](c4ccc(Cl)cc4F)CO5)CC3)n(C[C@@H]3CCO3)c2n1. The number of hydrogen-bond acceptors (Lipinski definition) is 6. The van der Waals surface area contributed by atoms with Crippen molar-refractivity contribution in [1.82, 2.24) is 19.4 Å². The van der Waals surface area contributed by atoms with Gasteiger partial charge in [-0.05, 0) is 74.2 Å². The van der Waals surface area contributed by atoms with E-state index in [0.29, 0.717) is 62.4 Å². The Kier molecular flexibility index (Phi) is 7.50. The van der Waals surface area contributed by atoms with Crippen LogP contribution in [0.1, 0.15) is 64.1 Å². The standard InChI is InChI=1S/C32H30ClF3N4O4/c33-19-4-5-22(24(34)14-19)23-17-44-27-3-1-2-21(29(27)32(23,35)36)18-8-11-39(12-9-18)16-28-37-25-6-7-26(31(41)42)38-30(25)40(28)15-20-10-13-43-20/h1-7,14,18,20,23H,8-13,15-17H2,(H,41,42)/t20-,23+/m0/s1. The average Bonchev–Trinajstić information content (AvgIpc) is 3.31. The Hall–Kier alpha value is -3.67. The molecule has 1 N–H and O–H groups in total. The van der Waals surface area contributed by atoms with Crippen LogP contribution in [0, 0.1) is 5.82 Å². The predicted octanol–water partition coefficient (Wildman–Crippen LogP) is 6.36. The number of fused-ring (bicyclic) bond motifs is 2. The molecule has 8 nitrogen and oxygen atoms in total. The number of piperidine rings is 1. The molecule has 0 spiro atoms. The molecule has 0 aliphatic carbocycles. The van der Waals surface area contributed by atoms with Gasteiger partial charge in [0.1, 0.15) is 29.5 Å². The summed E-state index contributed by atoms with van der Waals surface area (Å²) in [6.07, 6.45) is 2.20. The topological polar surface area (TPSA) is 89.7 Å². The molecule has 4 aromatic rings. The Morgan fingerprint density at radius 1 is 1.07 bits per heavy atom. The van der Waals surface area contributed by atoms with Crippen LogP contribution in [-0.4, -0.2) is 62.9 Å². The van der Waals surface area contributed by atoms with Crippen LogP contribution in [0.4, 0.5) is 13.2 Å². The maximum Gasteiger partial charge on any atom is 0.354 e. The summed E-state index contributed by atoms with van der Waals surface area (Å²) in [5, 5.41) is 9.61. The van der Waals surface area contributed by atoms with Crippen LogP contribution >= 0.6 is 11.6 Å². The minimum Gasteiger partial charge on any atom is -0.492 e. The molecule has 2 aromatic carbocycles. The molecule has 3 aliphatic rings. The Bertz CT molecular complexity index is 1740. The summed E-state index contributed by atoms with van der Waals surface area (Å²) >= 11 is 5.88. The van der Waals surface area contributed by atoms with Gasteiger partial charge in [-0.15, -0.1) is 0 Å². The van der Waals surface area contributed by atoms with Gasteiger partial charge in [0, 0.05) is 17.2 Å². The molecule has 2 aromatic heterocycles. The number of alkyl halides is 2. The zero-order valence-electron chi connectivity index (χ0n) is 23.7. The fourth-order valence-electron chi connectivity index (χ4n) is 6.60. The number of likely N-dealkylation sites (tertiary alicyclic amines) is 1. The van der Waals surface area contributed by atoms with Crippen LogP contribution in [0.2, 0.25) is 5.02 Å². The van der Waals surface area contributed by atoms with Gasteiger partial charge in [0.15, 0.2) is 11.3 Å². The molecular formula is C32H30ClF3N4O4. The van der Waals surface area contributed by atoms with E-state index in [1.165, 1.54) is 18.2 Å². The molecule has 7 rings (SSSR count). The van der Waals surface area contributed by atoms with Gasteiger partial charge in [-0.3, -0.25) is 4.90 Å². The summed E-state index contributed by atoms with van der Waals surface area (Å²) < 4.78 is 60.6. The lowest BCUT2D eigenvalue weighted by atomic mass is 9.79. The van der Waals surface area contributed by atoms with E-state index in [1.807, 2.05) is 4.57 Å². The van der Waals surface area contributed by atoms with Gasteiger partial charge in [0.25, 0.3) is 5.92 Å². The van der Waals surface area contributed by atoms with Gasteiger partial charge >= 0.3 is 5.97 Å². The molecule has 0 unspecified atom stereocenters. The number of carbonyl (C=O) groups is 1. The van der Waals surface area contributed by atoms with Crippen molar-refractivity contribution < 1.29 is 32.5 Å². The number of hydrogen-bond donors (Lipinski definition) is 1. The monoisotopic (exact) mass is 626 g/mol. The van der Waals surface area contributed by atoms with Crippen LogP contribution in [-0.2, 0) is 23.7 Å². The van der Waals surface area contributed by atoms with Crippen molar-refractivity contribution in [3.63, 3.8) is 0 Å². The highest BCUT2D eigenvalue weighted by Gasteiger charge is 2.51. The Labute approximate surface area is 256 Å². The number of benzene rings is 2. The van der Waals surface area contributed by atoms with Crippen LogP contribution < -0.4 is 4.74 Å². The minimum absolute atomic E-state index is 0.0190. The predicted molar refractivity (Wildman–Crippen MR) is 156 cm³/mol. The zero-order valence-corrected chi connectivity index (χ0v) is 24.4. The summed E-state index contributed by atoms with van der Waals surface area (Å²) in [5.41, 5.74) is 1.33. The van der Waals surface area contributed by atoms with E-state index in [1.54, 1.807) is 24.3 Å². The highest BCUT2D eigenvalue weighted by molar-refractivity contribution is 6.30. The Morgan fingerprint density at radius 3 is 2.57 bits per heavy atom. The molecule has 2 fully saturated rings. The number of carboxylic acids is 1. The highest BCUT2D eigenvalue weighted by Crippen LogP contribution is 2.53.